The molecule has 5 rings (SSSR count). The highest BCUT2D eigenvalue weighted by Crippen LogP contribution is 2.67. The average Bonchev–Trinajstić information content (AvgIpc) is 3.08. The summed E-state index contributed by atoms with van der Waals surface area (Å²) >= 11 is 1.56. The molecule has 0 amide bonds. The summed E-state index contributed by atoms with van der Waals surface area (Å²) in [6.07, 6.45) is 10.8. The van der Waals surface area contributed by atoms with Crippen molar-refractivity contribution in [2.24, 2.45) is 28.6 Å². The number of carbonyl (C=O) groups excluding carboxylic acids is 2. The molecule has 1 aromatic rings. The lowest BCUT2D eigenvalue weighted by molar-refractivity contribution is -0.174. The van der Waals surface area contributed by atoms with E-state index in [1.165, 1.54) is 0 Å². The van der Waals surface area contributed by atoms with E-state index in [1.54, 1.807) is 30.1 Å². The molecule has 4 aliphatic rings. The largest absolute Gasteiger partial charge is 0.393 e. The van der Waals surface area contributed by atoms with Crippen LogP contribution in [0.5, 0.6) is 0 Å². The molecule has 182 valence electrons. The molecule has 34 heavy (non-hydrogen) atoms. The molecule has 4 aliphatic carbocycles. The van der Waals surface area contributed by atoms with E-state index in [2.05, 4.69) is 11.9 Å². The molecule has 0 spiro atoms. The molecule has 7 atom stereocenters. The number of rotatable bonds is 6. The van der Waals surface area contributed by atoms with Crippen LogP contribution >= 0.6 is 11.8 Å². The van der Waals surface area contributed by atoms with Gasteiger partial charge in [0.1, 0.15) is 5.60 Å². The lowest BCUT2D eigenvalue weighted by Crippen LogP contribution is -2.61. The highest BCUT2D eigenvalue weighted by molar-refractivity contribution is 7.99. The molecule has 6 heteroatoms. The molecule has 0 aliphatic heterocycles. The Bertz CT molecular complexity index is 1040. The molecule has 1 heterocycles. The lowest BCUT2D eigenvalue weighted by atomic mass is 9.46. The van der Waals surface area contributed by atoms with E-state index in [0.717, 1.165) is 42.7 Å². The Kier molecular flexibility index (Phi) is 6.14. The first kappa shape index (κ1) is 24.0. The zero-order valence-corrected chi connectivity index (χ0v) is 20.9. The summed E-state index contributed by atoms with van der Waals surface area (Å²) in [7, 11) is 0. The van der Waals surface area contributed by atoms with Crippen LogP contribution in [-0.4, -0.2) is 50.0 Å². The Morgan fingerprint density at radius 2 is 2.09 bits per heavy atom. The normalized spacial score (nSPS) is 40.8. The Morgan fingerprint density at radius 1 is 1.26 bits per heavy atom. The van der Waals surface area contributed by atoms with Gasteiger partial charge in [-0.25, -0.2) is 0 Å². The molecule has 2 N–H and O–H groups in total. The first-order chi connectivity index (χ1) is 16.2. The van der Waals surface area contributed by atoms with Gasteiger partial charge in [-0.15, -0.1) is 0 Å². The van der Waals surface area contributed by atoms with E-state index in [9.17, 15) is 19.8 Å². The number of pyridine rings is 1. The molecule has 1 aromatic heterocycles. The molecule has 0 radical (unpaired) electrons. The standard InChI is InChI=1S/C28H35NO4S/c1-26-11-8-20(30)15-18(26)6-7-21-22-9-12-28(33,27(22,2)16-23(31)25(21)26)24(32)17-34-14-10-19-5-3-4-13-29-19/h3-5,8,11,13,15,21-23,25,31,33H,6-7,9-10,12,14,16-17H2,1-2H3/t21?,22?,23-,25?,26?,27?,28-/m0/s1. The third-order valence-corrected chi connectivity index (χ3v) is 10.5. The van der Waals surface area contributed by atoms with Gasteiger partial charge in [0.2, 0.25) is 0 Å². The van der Waals surface area contributed by atoms with Gasteiger partial charge < -0.3 is 10.2 Å². The summed E-state index contributed by atoms with van der Waals surface area (Å²) in [5.41, 5.74) is -0.218. The maximum Gasteiger partial charge on any atom is 0.178 e. The first-order valence-corrected chi connectivity index (χ1v) is 13.7. The monoisotopic (exact) mass is 481 g/mol. The summed E-state index contributed by atoms with van der Waals surface area (Å²) in [5.74, 6) is 1.43. The predicted octanol–water partition coefficient (Wildman–Crippen LogP) is 3.94. The van der Waals surface area contributed by atoms with Crippen molar-refractivity contribution in [3.63, 3.8) is 0 Å². The molecule has 0 saturated heterocycles. The number of aromatic nitrogens is 1. The van der Waals surface area contributed by atoms with Crippen molar-refractivity contribution in [3.05, 3.63) is 53.9 Å². The number of aliphatic hydroxyl groups is 2. The van der Waals surface area contributed by atoms with Gasteiger partial charge in [-0.05, 0) is 80.4 Å². The van der Waals surface area contributed by atoms with Gasteiger partial charge in [-0.2, -0.15) is 11.8 Å². The number of aliphatic hydroxyl groups excluding tert-OH is 1. The first-order valence-electron chi connectivity index (χ1n) is 12.5. The zero-order chi connectivity index (χ0) is 24.1. The summed E-state index contributed by atoms with van der Waals surface area (Å²) < 4.78 is 0. The summed E-state index contributed by atoms with van der Waals surface area (Å²) in [4.78, 5) is 29.7. The molecular weight excluding hydrogens is 446 g/mol. The van der Waals surface area contributed by atoms with E-state index in [1.807, 2.05) is 31.2 Å². The Morgan fingerprint density at radius 3 is 2.85 bits per heavy atom. The summed E-state index contributed by atoms with van der Waals surface area (Å²) in [6, 6.07) is 5.85. The van der Waals surface area contributed by atoms with Gasteiger partial charge in [0, 0.05) is 28.6 Å². The van der Waals surface area contributed by atoms with Crippen molar-refractivity contribution >= 4 is 23.3 Å². The maximum absolute atomic E-state index is 13.4. The number of fused-ring (bicyclic) bond motifs is 5. The fraction of sp³-hybridized carbons (Fsp3) is 0.607. The smallest absolute Gasteiger partial charge is 0.178 e. The summed E-state index contributed by atoms with van der Waals surface area (Å²) in [6.45, 7) is 4.18. The lowest BCUT2D eigenvalue weighted by Gasteiger charge is -2.59. The van der Waals surface area contributed by atoms with Crippen LogP contribution in [0.15, 0.2) is 48.2 Å². The molecule has 0 bridgehead atoms. The molecule has 3 fully saturated rings. The Labute approximate surface area is 206 Å². The van der Waals surface area contributed by atoms with Crippen molar-refractivity contribution in [1.82, 2.24) is 4.98 Å². The highest BCUT2D eigenvalue weighted by atomic mass is 32.2. The van der Waals surface area contributed by atoms with Crippen LogP contribution in [0.1, 0.15) is 51.6 Å². The van der Waals surface area contributed by atoms with E-state index >= 15 is 0 Å². The predicted molar refractivity (Wildman–Crippen MR) is 133 cm³/mol. The van der Waals surface area contributed by atoms with Crippen LogP contribution < -0.4 is 0 Å². The van der Waals surface area contributed by atoms with Crippen LogP contribution in [0.4, 0.5) is 0 Å². The van der Waals surface area contributed by atoms with Gasteiger partial charge >= 0.3 is 0 Å². The fourth-order valence-electron chi connectivity index (χ4n) is 7.80. The highest BCUT2D eigenvalue weighted by Gasteiger charge is 2.67. The Balaban J connectivity index is 1.31. The topological polar surface area (TPSA) is 87.5 Å². The molecule has 5 unspecified atom stereocenters. The van der Waals surface area contributed by atoms with Crippen LogP contribution in [0, 0.1) is 28.6 Å². The Hall–Kier alpha value is -1.76. The minimum absolute atomic E-state index is 0.0140. The number of carbonyl (C=O) groups is 2. The quantitative estimate of drug-likeness (QED) is 0.599. The number of allylic oxidation sites excluding steroid dienone is 4. The van der Waals surface area contributed by atoms with Crippen molar-refractivity contribution < 1.29 is 19.8 Å². The van der Waals surface area contributed by atoms with Gasteiger partial charge in [0.05, 0.1) is 11.9 Å². The summed E-state index contributed by atoms with van der Waals surface area (Å²) in [5, 5.41) is 23.3. The molecule has 3 saturated carbocycles. The van der Waals surface area contributed by atoms with Gasteiger partial charge in [-0.1, -0.05) is 31.6 Å². The van der Waals surface area contributed by atoms with E-state index in [0.29, 0.717) is 12.8 Å². The van der Waals surface area contributed by atoms with E-state index < -0.39 is 17.1 Å². The number of aryl methyl sites for hydroxylation is 1. The van der Waals surface area contributed by atoms with Crippen molar-refractivity contribution in [2.45, 2.75) is 64.1 Å². The van der Waals surface area contributed by atoms with Gasteiger partial charge in [0.15, 0.2) is 11.6 Å². The van der Waals surface area contributed by atoms with Crippen LogP contribution in [0.25, 0.3) is 0 Å². The molecule has 5 nitrogen and oxygen atoms in total. The minimum atomic E-state index is -1.39. The number of Topliss-reactive ketones (excluding diaryl/α,β-unsaturated/α-hetero) is 1. The van der Waals surface area contributed by atoms with E-state index in [-0.39, 0.29) is 40.5 Å². The van der Waals surface area contributed by atoms with Crippen LogP contribution in [-0.2, 0) is 16.0 Å². The second-order valence-corrected chi connectivity index (χ2v) is 12.3. The van der Waals surface area contributed by atoms with E-state index in [4.69, 9.17) is 0 Å². The molecular formula is C28H35NO4S. The maximum atomic E-state index is 13.4. The zero-order valence-electron chi connectivity index (χ0n) is 20.1. The number of hydrogen-bond donors (Lipinski definition) is 2. The van der Waals surface area contributed by atoms with Gasteiger partial charge in [-0.3, -0.25) is 14.6 Å². The number of hydrogen-bond acceptors (Lipinski definition) is 6. The third-order valence-electron chi connectivity index (χ3n) is 9.57. The number of thioether (sulfide) groups is 1. The van der Waals surface area contributed by atoms with Crippen molar-refractivity contribution in [2.75, 3.05) is 11.5 Å². The molecule has 0 aromatic carbocycles. The SMILES string of the molecule is CC12C=CC(=O)C=C1CCC1C2[C@@H](O)CC2(C)C1CC[C@]2(O)C(=O)CSCCc1ccccn1. The van der Waals surface area contributed by atoms with Crippen LogP contribution in [0.3, 0.4) is 0 Å². The van der Waals surface area contributed by atoms with Gasteiger partial charge in [0.25, 0.3) is 0 Å². The second-order valence-electron chi connectivity index (χ2n) is 11.2. The number of ketones is 2. The average molecular weight is 482 g/mol. The van der Waals surface area contributed by atoms with Crippen LogP contribution in [0.2, 0.25) is 0 Å². The number of nitrogens with zero attached hydrogens (tertiary/aromatic N) is 1. The second kappa shape index (κ2) is 8.72. The fourth-order valence-corrected chi connectivity index (χ4v) is 8.72. The third kappa shape index (κ3) is 3.64. The van der Waals surface area contributed by atoms with Crippen molar-refractivity contribution in [1.29, 1.82) is 0 Å². The van der Waals surface area contributed by atoms with Crippen molar-refractivity contribution in [3.8, 4) is 0 Å². The minimum Gasteiger partial charge on any atom is -0.393 e.